The minimum Gasteiger partial charge on any atom is -0.497 e. The molecule has 0 heterocycles. The van der Waals surface area contributed by atoms with Crippen LogP contribution in [-0.2, 0) is 36.9 Å². The first-order chi connectivity index (χ1) is 17.6. The van der Waals surface area contributed by atoms with Gasteiger partial charge in [-0.25, -0.2) is 0 Å². The zero-order valence-corrected chi connectivity index (χ0v) is 22.6. The van der Waals surface area contributed by atoms with Crippen molar-refractivity contribution in [1.82, 2.24) is 0 Å². The lowest BCUT2D eigenvalue weighted by atomic mass is 9.76. The number of carbonyl (C=O) groups excluding carboxylic acids is 3. The Balaban J connectivity index is 1.65. The molecule has 0 radical (unpaired) electrons. The quantitative estimate of drug-likeness (QED) is 0.316. The zero-order chi connectivity index (χ0) is 26.9. The molecule has 6 nitrogen and oxygen atoms in total. The molecule has 1 saturated carbocycles. The predicted molar refractivity (Wildman–Crippen MR) is 142 cm³/mol. The van der Waals surface area contributed by atoms with E-state index in [0.717, 1.165) is 29.7 Å². The number of methoxy groups -OCH3 is 1. The van der Waals surface area contributed by atoms with Gasteiger partial charge in [-0.2, -0.15) is 0 Å². The van der Waals surface area contributed by atoms with Gasteiger partial charge in [0.1, 0.15) is 23.7 Å². The van der Waals surface area contributed by atoms with E-state index in [9.17, 15) is 14.4 Å². The van der Waals surface area contributed by atoms with E-state index in [1.807, 2.05) is 75.4 Å². The average molecular weight is 509 g/mol. The van der Waals surface area contributed by atoms with Crippen LogP contribution in [0.2, 0.25) is 0 Å². The fraction of sp³-hybridized carbons (Fsp3) is 0.516. The van der Waals surface area contributed by atoms with Crippen LogP contribution < -0.4 is 4.74 Å². The number of benzene rings is 2. The number of hydrogen-bond donors (Lipinski definition) is 0. The first kappa shape index (κ1) is 28.4. The van der Waals surface area contributed by atoms with Crippen molar-refractivity contribution in [3.05, 3.63) is 65.7 Å². The minimum atomic E-state index is -0.702. The lowest BCUT2D eigenvalue weighted by Gasteiger charge is -2.28. The molecule has 1 aliphatic rings. The van der Waals surface area contributed by atoms with Gasteiger partial charge in [0, 0.05) is 11.8 Å². The number of Topliss-reactive ketones (excluding diaryl/α,β-unsaturated/α-hetero) is 1. The van der Waals surface area contributed by atoms with Gasteiger partial charge in [-0.3, -0.25) is 14.4 Å². The monoisotopic (exact) mass is 508 g/mol. The van der Waals surface area contributed by atoms with Crippen LogP contribution in [0.25, 0.3) is 0 Å². The summed E-state index contributed by atoms with van der Waals surface area (Å²) in [5.74, 6) is -0.319. The highest BCUT2D eigenvalue weighted by molar-refractivity contribution is 5.89. The van der Waals surface area contributed by atoms with E-state index >= 15 is 0 Å². The number of rotatable bonds is 12. The number of hydrogen-bond acceptors (Lipinski definition) is 6. The topological polar surface area (TPSA) is 78.9 Å². The molecule has 0 aliphatic heterocycles. The summed E-state index contributed by atoms with van der Waals surface area (Å²) in [6.07, 6.45) is 4.36. The second-order valence-corrected chi connectivity index (χ2v) is 11.1. The maximum Gasteiger partial charge on any atom is 0.309 e. The van der Waals surface area contributed by atoms with Crippen LogP contribution in [0.4, 0.5) is 0 Å². The molecule has 2 aromatic rings. The van der Waals surface area contributed by atoms with Crippen molar-refractivity contribution in [3.8, 4) is 5.75 Å². The molecule has 0 saturated heterocycles. The summed E-state index contributed by atoms with van der Waals surface area (Å²) in [5.41, 5.74) is 0.575. The Kier molecular flexibility index (Phi) is 9.90. The summed E-state index contributed by atoms with van der Waals surface area (Å²) >= 11 is 0. The second-order valence-electron chi connectivity index (χ2n) is 11.1. The summed E-state index contributed by atoms with van der Waals surface area (Å²) < 4.78 is 16.4. The lowest BCUT2D eigenvalue weighted by Crippen LogP contribution is -2.34. The summed E-state index contributed by atoms with van der Waals surface area (Å²) in [7, 11) is 1.61. The molecule has 1 atom stereocenters. The minimum absolute atomic E-state index is 0.0463. The van der Waals surface area contributed by atoms with Crippen molar-refractivity contribution in [3.63, 3.8) is 0 Å². The van der Waals surface area contributed by atoms with Crippen LogP contribution in [0, 0.1) is 11.3 Å². The van der Waals surface area contributed by atoms with Crippen LogP contribution in [0.5, 0.6) is 5.75 Å². The molecule has 3 rings (SSSR count). The van der Waals surface area contributed by atoms with Gasteiger partial charge in [0.2, 0.25) is 0 Å². The van der Waals surface area contributed by atoms with E-state index in [-0.39, 0.29) is 37.2 Å². The molecule has 0 N–H and O–H groups in total. The van der Waals surface area contributed by atoms with Gasteiger partial charge in [-0.1, -0.05) is 55.3 Å². The van der Waals surface area contributed by atoms with Crippen molar-refractivity contribution in [2.75, 3.05) is 7.11 Å². The smallest absolute Gasteiger partial charge is 0.309 e. The number of ether oxygens (including phenoxy) is 3. The van der Waals surface area contributed by atoms with Gasteiger partial charge in [-0.15, -0.1) is 0 Å². The maximum absolute atomic E-state index is 13.5. The van der Waals surface area contributed by atoms with Gasteiger partial charge in [0.25, 0.3) is 0 Å². The molecule has 2 aromatic carbocycles. The summed E-state index contributed by atoms with van der Waals surface area (Å²) in [6.45, 7) is 5.73. The van der Waals surface area contributed by atoms with Crippen LogP contribution in [0.15, 0.2) is 54.6 Å². The van der Waals surface area contributed by atoms with E-state index < -0.39 is 16.9 Å². The molecular weight excluding hydrogens is 468 g/mol. The third-order valence-electron chi connectivity index (χ3n) is 6.98. The average Bonchev–Trinajstić information content (AvgIpc) is 3.34. The van der Waals surface area contributed by atoms with Gasteiger partial charge in [-0.05, 0) is 69.7 Å². The largest absolute Gasteiger partial charge is 0.497 e. The fourth-order valence-corrected chi connectivity index (χ4v) is 4.98. The van der Waals surface area contributed by atoms with Crippen molar-refractivity contribution in [2.24, 2.45) is 11.3 Å². The normalized spacial score (nSPS) is 15.6. The van der Waals surface area contributed by atoms with Crippen molar-refractivity contribution < 1.29 is 28.6 Å². The number of carbonyl (C=O) groups is 3. The first-order valence-corrected chi connectivity index (χ1v) is 13.2. The molecular formula is C31H40O6. The molecule has 37 heavy (non-hydrogen) atoms. The number of ketones is 1. The lowest BCUT2D eigenvalue weighted by molar-refractivity contribution is -0.160. The van der Waals surface area contributed by atoms with Crippen LogP contribution in [-0.4, -0.2) is 30.4 Å². The van der Waals surface area contributed by atoms with Crippen LogP contribution in [0.1, 0.15) is 76.8 Å². The van der Waals surface area contributed by atoms with Crippen molar-refractivity contribution >= 4 is 17.7 Å². The number of esters is 2. The third kappa shape index (κ3) is 8.73. The van der Waals surface area contributed by atoms with Crippen LogP contribution in [0.3, 0.4) is 0 Å². The standard InChI is InChI=1S/C31H40O6/c1-30(2,3)37-29(34)25(20-23-12-15-26(35-4)16-13-23)14-17-27(32)31(18-8-9-19-31)21-28(33)36-22-24-10-6-5-7-11-24/h5-7,10-13,15-16,25H,8-9,14,17-22H2,1-4H3. The Bertz CT molecular complexity index is 1030. The molecule has 1 fully saturated rings. The SMILES string of the molecule is COc1ccc(CC(CCC(=O)C2(CC(=O)OCc3ccccc3)CCCC2)C(=O)OC(C)(C)C)cc1. The first-order valence-electron chi connectivity index (χ1n) is 13.2. The molecule has 0 amide bonds. The molecule has 0 spiro atoms. The van der Waals surface area contributed by atoms with Crippen molar-refractivity contribution in [1.29, 1.82) is 0 Å². The summed E-state index contributed by atoms with van der Waals surface area (Å²) in [6, 6.07) is 17.1. The molecule has 0 bridgehead atoms. The van der Waals surface area contributed by atoms with Crippen LogP contribution >= 0.6 is 0 Å². The second kappa shape index (κ2) is 12.9. The molecule has 1 aliphatic carbocycles. The Morgan fingerprint density at radius 2 is 1.57 bits per heavy atom. The van der Waals surface area contributed by atoms with Gasteiger partial charge in [0.05, 0.1) is 19.4 Å². The maximum atomic E-state index is 13.5. The Hall–Kier alpha value is -3.15. The Morgan fingerprint density at radius 1 is 0.919 bits per heavy atom. The van der Waals surface area contributed by atoms with Gasteiger partial charge < -0.3 is 14.2 Å². The zero-order valence-electron chi connectivity index (χ0n) is 22.6. The predicted octanol–water partition coefficient (Wildman–Crippen LogP) is 6.24. The van der Waals surface area contributed by atoms with E-state index in [1.165, 1.54) is 0 Å². The Morgan fingerprint density at radius 3 is 2.16 bits per heavy atom. The van der Waals surface area contributed by atoms with Crippen molar-refractivity contribution in [2.45, 2.75) is 84.3 Å². The van der Waals surface area contributed by atoms with E-state index in [0.29, 0.717) is 25.7 Å². The van der Waals surface area contributed by atoms with Gasteiger partial charge >= 0.3 is 11.9 Å². The van der Waals surface area contributed by atoms with Gasteiger partial charge in [0.15, 0.2) is 0 Å². The molecule has 1 unspecified atom stereocenters. The molecule has 6 heteroatoms. The molecule has 0 aromatic heterocycles. The van der Waals surface area contributed by atoms with E-state index in [1.54, 1.807) is 7.11 Å². The summed E-state index contributed by atoms with van der Waals surface area (Å²) in [4.78, 5) is 39.3. The van der Waals surface area contributed by atoms with E-state index in [4.69, 9.17) is 14.2 Å². The summed E-state index contributed by atoms with van der Waals surface area (Å²) in [5, 5.41) is 0. The van der Waals surface area contributed by atoms with E-state index in [2.05, 4.69) is 0 Å². The fourth-order valence-electron chi connectivity index (χ4n) is 4.98. The highest BCUT2D eigenvalue weighted by atomic mass is 16.6. The molecule has 200 valence electrons. The highest BCUT2D eigenvalue weighted by Gasteiger charge is 2.43. The Labute approximate surface area is 220 Å². The third-order valence-corrected chi connectivity index (χ3v) is 6.98. The highest BCUT2D eigenvalue weighted by Crippen LogP contribution is 2.43.